The van der Waals surface area contributed by atoms with Crippen molar-refractivity contribution in [2.24, 2.45) is 5.73 Å². The zero-order valence-electron chi connectivity index (χ0n) is 8.17. The first-order valence-electron chi connectivity index (χ1n) is 4.22. The molecule has 0 heterocycles. The van der Waals surface area contributed by atoms with Crippen molar-refractivity contribution in [2.45, 2.75) is 11.8 Å². The van der Waals surface area contributed by atoms with Gasteiger partial charge in [0.1, 0.15) is 0 Å². The lowest BCUT2D eigenvalue weighted by Gasteiger charge is -1.99. The van der Waals surface area contributed by atoms with Gasteiger partial charge < -0.3 is 5.73 Å². The van der Waals surface area contributed by atoms with Crippen molar-refractivity contribution in [3.05, 3.63) is 41.3 Å². The van der Waals surface area contributed by atoms with Gasteiger partial charge in [-0.1, -0.05) is 18.2 Å². The summed E-state index contributed by atoms with van der Waals surface area (Å²) in [6.45, 7) is 1.36. The minimum absolute atomic E-state index is 0.0128. The van der Waals surface area contributed by atoms with Gasteiger partial charge in [0.2, 0.25) is 5.91 Å². The van der Waals surface area contributed by atoms with Crippen molar-refractivity contribution < 1.29 is 13.2 Å². The maximum absolute atomic E-state index is 11.7. The van der Waals surface area contributed by atoms with Crippen LogP contribution in [0.4, 0.5) is 0 Å². The summed E-state index contributed by atoms with van der Waals surface area (Å²) in [6.07, 6.45) is 0. The number of primary amides is 1. The molecule has 1 rings (SSSR count). The van der Waals surface area contributed by atoms with E-state index in [1.165, 1.54) is 19.1 Å². The Bertz CT molecular complexity index is 489. The fraction of sp³-hybridized carbons (Fsp3) is 0.100. The molecule has 80 valence electrons. The maximum atomic E-state index is 11.7. The fourth-order valence-corrected chi connectivity index (χ4v) is 2.22. The lowest BCUT2D eigenvalue weighted by molar-refractivity contribution is -0.114. The lowest BCUT2D eigenvalue weighted by Crippen LogP contribution is -2.13. The third kappa shape index (κ3) is 2.92. The lowest BCUT2D eigenvalue weighted by atomic mass is 10.3. The first kappa shape index (κ1) is 11.5. The highest BCUT2D eigenvalue weighted by atomic mass is 32.2. The topological polar surface area (TPSA) is 77.2 Å². The van der Waals surface area contributed by atoms with E-state index in [4.69, 9.17) is 5.73 Å². The molecule has 0 fully saturated rings. The molecule has 5 heteroatoms. The number of hydrogen-bond acceptors (Lipinski definition) is 3. The summed E-state index contributed by atoms with van der Waals surface area (Å²) in [5.41, 5.74) is 4.96. The molecule has 0 aliphatic rings. The zero-order valence-corrected chi connectivity index (χ0v) is 8.99. The Morgan fingerprint density at radius 3 is 2.27 bits per heavy atom. The third-order valence-corrected chi connectivity index (χ3v) is 3.39. The van der Waals surface area contributed by atoms with E-state index < -0.39 is 15.7 Å². The monoisotopic (exact) mass is 225 g/mol. The zero-order chi connectivity index (χ0) is 11.5. The maximum Gasteiger partial charge on any atom is 0.245 e. The number of benzene rings is 1. The molecule has 2 N–H and O–H groups in total. The van der Waals surface area contributed by atoms with Gasteiger partial charge in [0.25, 0.3) is 0 Å². The molecule has 15 heavy (non-hydrogen) atoms. The Balaban J connectivity index is 3.17. The molecule has 0 saturated heterocycles. The molecule has 1 aromatic carbocycles. The Morgan fingerprint density at radius 1 is 1.27 bits per heavy atom. The van der Waals surface area contributed by atoms with Gasteiger partial charge in [-0.15, -0.1) is 0 Å². The van der Waals surface area contributed by atoms with E-state index in [0.717, 1.165) is 5.41 Å². The summed E-state index contributed by atoms with van der Waals surface area (Å²) < 4.78 is 23.3. The van der Waals surface area contributed by atoms with E-state index in [0.29, 0.717) is 0 Å². The van der Waals surface area contributed by atoms with E-state index >= 15 is 0 Å². The average molecular weight is 225 g/mol. The highest BCUT2D eigenvalue weighted by Crippen LogP contribution is 2.12. The van der Waals surface area contributed by atoms with Crippen LogP contribution in [0.3, 0.4) is 0 Å². The summed E-state index contributed by atoms with van der Waals surface area (Å²) in [5.74, 6) is -0.741. The molecule has 0 spiro atoms. The second-order valence-corrected chi connectivity index (χ2v) is 4.82. The highest BCUT2D eigenvalue weighted by molar-refractivity contribution is 7.94. The number of sulfone groups is 1. The molecule has 4 nitrogen and oxygen atoms in total. The predicted molar refractivity (Wildman–Crippen MR) is 56.6 cm³/mol. The van der Waals surface area contributed by atoms with Crippen molar-refractivity contribution in [1.29, 1.82) is 0 Å². The molecular formula is C10H11NO3S. The van der Waals surface area contributed by atoms with Gasteiger partial charge >= 0.3 is 0 Å². The Hall–Kier alpha value is -1.62. The first-order valence-corrected chi connectivity index (χ1v) is 5.76. The second kappa shape index (κ2) is 4.27. The molecule has 0 saturated carbocycles. The number of amides is 1. The van der Waals surface area contributed by atoms with Gasteiger partial charge in [-0.25, -0.2) is 8.42 Å². The van der Waals surface area contributed by atoms with Crippen LogP contribution in [-0.2, 0) is 14.6 Å². The first-order chi connectivity index (χ1) is 6.93. The van der Waals surface area contributed by atoms with Crippen molar-refractivity contribution >= 4 is 15.7 Å². The molecule has 1 amide bonds. The summed E-state index contributed by atoms with van der Waals surface area (Å²) in [5, 5.41) is 0.880. The summed E-state index contributed by atoms with van der Waals surface area (Å²) in [6, 6.07) is 7.85. The van der Waals surface area contributed by atoms with Crippen molar-refractivity contribution in [2.75, 3.05) is 0 Å². The number of rotatable bonds is 3. The molecular weight excluding hydrogens is 214 g/mol. The second-order valence-electron chi connectivity index (χ2n) is 3.02. The van der Waals surface area contributed by atoms with E-state index in [1.807, 2.05) is 0 Å². The molecule has 0 aliphatic carbocycles. The summed E-state index contributed by atoms with van der Waals surface area (Å²) in [4.78, 5) is 10.8. The molecule has 0 unspecified atom stereocenters. The average Bonchev–Trinajstić information content (AvgIpc) is 2.18. The third-order valence-electron chi connectivity index (χ3n) is 1.79. The van der Waals surface area contributed by atoms with Crippen LogP contribution >= 0.6 is 0 Å². The molecule has 1 aromatic rings. The predicted octanol–water partition coefficient (Wildman–Crippen LogP) is 0.849. The van der Waals surface area contributed by atoms with Crippen LogP contribution in [0, 0.1) is 0 Å². The fourth-order valence-electron chi connectivity index (χ4n) is 0.969. The smallest absolute Gasteiger partial charge is 0.245 e. The molecule has 0 aliphatic heterocycles. The van der Waals surface area contributed by atoms with Gasteiger partial charge in [-0.05, 0) is 19.1 Å². The van der Waals surface area contributed by atoms with Crippen LogP contribution in [0.2, 0.25) is 0 Å². The standard InChI is InChI=1S/C10H11NO3S/c1-8(10(11)12)7-15(13,14)9-5-3-2-4-6-9/h2-7H,1H3,(H2,11,12). The van der Waals surface area contributed by atoms with Crippen LogP contribution in [0.25, 0.3) is 0 Å². The number of nitrogens with two attached hydrogens (primary N) is 1. The van der Waals surface area contributed by atoms with Crippen molar-refractivity contribution in [3.8, 4) is 0 Å². The number of carbonyl (C=O) groups is 1. The van der Waals surface area contributed by atoms with Crippen LogP contribution in [0.5, 0.6) is 0 Å². The largest absolute Gasteiger partial charge is 0.366 e. The number of carbonyl (C=O) groups excluding carboxylic acids is 1. The van der Waals surface area contributed by atoms with Crippen molar-refractivity contribution in [3.63, 3.8) is 0 Å². The van der Waals surface area contributed by atoms with Crippen LogP contribution in [0.15, 0.2) is 46.2 Å². The van der Waals surface area contributed by atoms with Gasteiger partial charge in [0.15, 0.2) is 9.84 Å². The Labute approximate surface area is 88.3 Å². The summed E-state index contributed by atoms with van der Waals surface area (Å²) >= 11 is 0. The van der Waals surface area contributed by atoms with E-state index in [-0.39, 0.29) is 10.5 Å². The minimum Gasteiger partial charge on any atom is -0.366 e. The van der Waals surface area contributed by atoms with Gasteiger partial charge in [-0.3, -0.25) is 4.79 Å². The minimum atomic E-state index is -3.57. The van der Waals surface area contributed by atoms with Crippen molar-refractivity contribution in [1.82, 2.24) is 0 Å². The van der Waals surface area contributed by atoms with Gasteiger partial charge in [-0.2, -0.15) is 0 Å². The molecule has 0 atom stereocenters. The number of hydrogen-bond donors (Lipinski definition) is 1. The van der Waals surface area contributed by atoms with Crippen LogP contribution in [-0.4, -0.2) is 14.3 Å². The van der Waals surface area contributed by atoms with E-state index in [1.54, 1.807) is 18.2 Å². The quantitative estimate of drug-likeness (QED) is 0.775. The van der Waals surface area contributed by atoms with Crippen LogP contribution < -0.4 is 5.73 Å². The normalized spacial score (nSPS) is 12.5. The Kier molecular flexibility index (Phi) is 3.26. The van der Waals surface area contributed by atoms with Gasteiger partial charge in [0, 0.05) is 11.0 Å². The molecule has 0 radical (unpaired) electrons. The van der Waals surface area contributed by atoms with E-state index in [9.17, 15) is 13.2 Å². The SMILES string of the molecule is CC(=CS(=O)(=O)c1ccccc1)C(N)=O. The van der Waals surface area contributed by atoms with Crippen LogP contribution in [0.1, 0.15) is 6.92 Å². The highest BCUT2D eigenvalue weighted by Gasteiger charge is 2.12. The molecule has 0 bridgehead atoms. The van der Waals surface area contributed by atoms with E-state index in [2.05, 4.69) is 0 Å². The van der Waals surface area contributed by atoms with Gasteiger partial charge in [0.05, 0.1) is 4.90 Å². The molecule has 0 aromatic heterocycles. The summed E-state index contributed by atoms with van der Waals surface area (Å²) in [7, 11) is -3.57. The Morgan fingerprint density at radius 2 is 1.80 bits per heavy atom.